The minimum atomic E-state index is -0.486. The van der Waals surface area contributed by atoms with Gasteiger partial charge in [-0.3, -0.25) is 10.1 Å². The van der Waals surface area contributed by atoms with Crippen LogP contribution in [0.5, 0.6) is 0 Å². The Hall–Kier alpha value is -2.15. The number of hydrogen-bond donors (Lipinski definition) is 2. The molecule has 1 aliphatic heterocycles. The largest absolute Gasteiger partial charge is 0.394 e. The van der Waals surface area contributed by atoms with E-state index < -0.39 is 4.92 Å². The fourth-order valence-electron chi connectivity index (χ4n) is 2.64. The number of rotatable bonds is 3. The zero-order chi connectivity index (χ0) is 15.4. The minimum absolute atomic E-state index is 0.0205. The molecule has 1 saturated heterocycles. The molecule has 2 rings (SSSR count). The van der Waals surface area contributed by atoms with Crippen molar-refractivity contribution in [1.29, 1.82) is 0 Å². The lowest BCUT2D eigenvalue weighted by Crippen LogP contribution is -2.51. The number of non-ortho nitro benzene ring substituents is 1. The number of nitrogens with zero attached hydrogens (tertiary/aromatic N) is 2. The molecule has 0 radical (unpaired) electrons. The number of amides is 2. The molecule has 7 nitrogen and oxygen atoms in total. The first-order valence-corrected chi connectivity index (χ1v) is 6.96. The Morgan fingerprint density at radius 1 is 1.48 bits per heavy atom. The van der Waals surface area contributed by atoms with Gasteiger partial charge in [-0.25, -0.2) is 4.79 Å². The molecule has 2 atom stereocenters. The summed E-state index contributed by atoms with van der Waals surface area (Å²) in [5.74, 6) is 0.256. The molecule has 1 aliphatic rings. The van der Waals surface area contributed by atoms with Crippen LogP contribution in [-0.2, 0) is 0 Å². The highest BCUT2D eigenvalue weighted by Gasteiger charge is 2.31. The molecule has 0 aliphatic carbocycles. The second kappa shape index (κ2) is 6.53. The van der Waals surface area contributed by atoms with E-state index in [1.165, 1.54) is 24.3 Å². The molecule has 2 unspecified atom stereocenters. The standard InChI is InChI=1S/C14H19N3O4/c1-10-3-2-8-16(13(10)9-18)14(19)15-11-4-6-12(7-5-11)17(20)21/h4-7,10,13,18H,2-3,8-9H2,1H3,(H,15,19). The van der Waals surface area contributed by atoms with Crippen molar-refractivity contribution in [2.24, 2.45) is 5.92 Å². The summed E-state index contributed by atoms with van der Waals surface area (Å²) < 4.78 is 0. The van der Waals surface area contributed by atoms with Gasteiger partial charge in [-0.05, 0) is 30.9 Å². The number of nitro groups is 1. The molecule has 1 aromatic carbocycles. The molecule has 2 amide bonds. The van der Waals surface area contributed by atoms with Crippen molar-refractivity contribution >= 4 is 17.4 Å². The first kappa shape index (κ1) is 15.2. The van der Waals surface area contributed by atoms with Crippen molar-refractivity contribution in [3.63, 3.8) is 0 Å². The Bertz CT molecular complexity index is 517. The summed E-state index contributed by atoms with van der Waals surface area (Å²) in [6.07, 6.45) is 1.90. The monoisotopic (exact) mass is 293 g/mol. The third-order valence-corrected chi connectivity index (χ3v) is 3.89. The van der Waals surface area contributed by atoms with E-state index >= 15 is 0 Å². The molecular formula is C14H19N3O4. The summed E-state index contributed by atoms with van der Waals surface area (Å²) in [5, 5.41) is 22.7. The van der Waals surface area contributed by atoms with E-state index in [1.807, 2.05) is 6.92 Å². The Kier molecular flexibility index (Phi) is 4.74. The van der Waals surface area contributed by atoms with Gasteiger partial charge in [0, 0.05) is 24.4 Å². The topological polar surface area (TPSA) is 95.7 Å². The number of nitro benzene ring substituents is 1. The van der Waals surface area contributed by atoms with Crippen LogP contribution in [-0.4, -0.2) is 40.2 Å². The smallest absolute Gasteiger partial charge is 0.322 e. The Morgan fingerprint density at radius 3 is 2.71 bits per heavy atom. The van der Waals surface area contributed by atoms with Crippen LogP contribution < -0.4 is 5.32 Å². The van der Waals surface area contributed by atoms with Crippen molar-refractivity contribution in [3.8, 4) is 0 Å². The van der Waals surface area contributed by atoms with Crippen LogP contribution in [0.25, 0.3) is 0 Å². The molecule has 0 aromatic heterocycles. The number of hydrogen-bond acceptors (Lipinski definition) is 4. The average molecular weight is 293 g/mol. The lowest BCUT2D eigenvalue weighted by molar-refractivity contribution is -0.384. The molecule has 1 heterocycles. The number of likely N-dealkylation sites (tertiary alicyclic amines) is 1. The van der Waals surface area contributed by atoms with Crippen molar-refractivity contribution in [2.75, 3.05) is 18.5 Å². The maximum atomic E-state index is 12.3. The van der Waals surface area contributed by atoms with Gasteiger partial charge in [0.25, 0.3) is 5.69 Å². The molecule has 0 bridgehead atoms. The number of anilines is 1. The van der Waals surface area contributed by atoms with Crippen LogP contribution in [0.3, 0.4) is 0 Å². The first-order chi connectivity index (χ1) is 10.0. The highest BCUT2D eigenvalue weighted by Crippen LogP contribution is 2.24. The van der Waals surface area contributed by atoms with E-state index in [2.05, 4.69) is 5.32 Å². The third kappa shape index (κ3) is 3.49. The van der Waals surface area contributed by atoms with E-state index in [9.17, 15) is 20.0 Å². The van der Waals surface area contributed by atoms with Crippen LogP contribution in [0.1, 0.15) is 19.8 Å². The summed E-state index contributed by atoms with van der Waals surface area (Å²) in [4.78, 5) is 24.0. The van der Waals surface area contributed by atoms with Gasteiger partial charge in [-0.1, -0.05) is 6.92 Å². The number of urea groups is 1. The van der Waals surface area contributed by atoms with Crippen molar-refractivity contribution in [1.82, 2.24) is 4.90 Å². The quantitative estimate of drug-likeness (QED) is 0.659. The van der Waals surface area contributed by atoms with Gasteiger partial charge in [-0.2, -0.15) is 0 Å². The van der Waals surface area contributed by atoms with E-state index in [-0.39, 0.29) is 30.3 Å². The van der Waals surface area contributed by atoms with Crippen LogP contribution in [0.15, 0.2) is 24.3 Å². The molecule has 2 N–H and O–H groups in total. The number of nitrogens with one attached hydrogen (secondary N) is 1. The molecule has 0 spiro atoms. The van der Waals surface area contributed by atoms with Crippen molar-refractivity contribution in [2.45, 2.75) is 25.8 Å². The summed E-state index contributed by atoms with van der Waals surface area (Å²) >= 11 is 0. The van der Waals surface area contributed by atoms with Gasteiger partial charge in [0.15, 0.2) is 0 Å². The van der Waals surface area contributed by atoms with Crippen molar-refractivity contribution in [3.05, 3.63) is 34.4 Å². The molecule has 21 heavy (non-hydrogen) atoms. The predicted molar refractivity (Wildman–Crippen MR) is 78.1 cm³/mol. The Labute approximate surface area is 122 Å². The predicted octanol–water partition coefficient (Wildman–Crippen LogP) is 2.22. The average Bonchev–Trinajstić information content (AvgIpc) is 2.47. The highest BCUT2D eigenvalue weighted by molar-refractivity contribution is 5.89. The van der Waals surface area contributed by atoms with Gasteiger partial charge in [0.1, 0.15) is 0 Å². The normalized spacial score (nSPS) is 21.9. The number of piperidine rings is 1. The van der Waals surface area contributed by atoms with Gasteiger partial charge in [0.2, 0.25) is 0 Å². The fraction of sp³-hybridized carbons (Fsp3) is 0.500. The maximum Gasteiger partial charge on any atom is 0.322 e. The summed E-state index contributed by atoms with van der Waals surface area (Å²) in [6, 6.07) is 5.22. The number of benzene rings is 1. The first-order valence-electron chi connectivity index (χ1n) is 6.96. The molecule has 7 heteroatoms. The van der Waals surface area contributed by atoms with Gasteiger partial charge in [0.05, 0.1) is 17.6 Å². The van der Waals surface area contributed by atoms with Crippen molar-refractivity contribution < 1.29 is 14.8 Å². The van der Waals surface area contributed by atoms with Gasteiger partial charge >= 0.3 is 6.03 Å². The zero-order valence-electron chi connectivity index (χ0n) is 11.9. The van der Waals surface area contributed by atoms with Crippen LogP contribution in [0.2, 0.25) is 0 Å². The third-order valence-electron chi connectivity index (χ3n) is 3.89. The van der Waals surface area contributed by atoms with Crippen LogP contribution >= 0.6 is 0 Å². The Balaban J connectivity index is 2.04. The fourth-order valence-corrected chi connectivity index (χ4v) is 2.64. The zero-order valence-corrected chi connectivity index (χ0v) is 11.9. The molecule has 114 valence electrons. The number of carbonyl (C=O) groups excluding carboxylic acids is 1. The lowest BCUT2D eigenvalue weighted by Gasteiger charge is -2.38. The second-order valence-electron chi connectivity index (χ2n) is 5.30. The number of carbonyl (C=O) groups is 1. The maximum absolute atomic E-state index is 12.3. The Morgan fingerprint density at radius 2 is 2.14 bits per heavy atom. The summed E-state index contributed by atoms with van der Waals surface area (Å²) in [5.41, 5.74) is 0.480. The minimum Gasteiger partial charge on any atom is -0.394 e. The summed E-state index contributed by atoms with van der Waals surface area (Å²) in [6.45, 7) is 2.56. The highest BCUT2D eigenvalue weighted by atomic mass is 16.6. The summed E-state index contributed by atoms with van der Waals surface area (Å²) in [7, 11) is 0. The van der Waals surface area contributed by atoms with Crippen LogP contribution in [0, 0.1) is 16.0 Å². The van der Waals surface area contributed by atoms with Gasteiger partial charge in [-0.15, -0.1) is 0 Å². The number of aliphatic hydroxyl groups excluding tert-OH is 1. The van der Waals surface area contributed by atoms with E-state index in [0.29, 0.717) is 12.2 Å². The second-order valence-corrected chi connectivity index (χ2v) is 5.30. The molecule has 1 fully saturated rings. The van der Waals surface area contributed by atoms with E-state index in [4.69, 9.17) is 0 Å². The number of aliphatic hydroxyl groups is 1. The molecule has 1 aromatic rings. The van der Waals surface area contributed by atoms with Gasteiger partial charge < -0.3 is 15.3 Å². The van der Waals surface area contributed by atoms with Crippen LogP contribution in [0.4, 0.5) is 16.2 Å². The van der Waals surface area contributed by atoms with E-state index in [0.717, 1.165) is 12.8 Å². The lowest BCUT2D eigenvalue weighted by atomic mass is 9.91. The molecular weight excluding hydrogens is 274 g/mol. The van der Waals surface area contributed by atoms with E-state index in [1.54, 1.807) is 4.90 Å². The SMILES string of the molecule is CC1CCCN(C(=O)Nc2ccc([N+](=O)[O-])cc2)C1CO. The molecule has 0 saturated carbocycles.